The number of hydrogen-bond acceptors (Lipinski definition) is 10. The lowest BCUT2D eigenvalue weighted by atomic mass is 9.95. The van der Waals surface area contributed by atoms with E-state index in [1.165, 1.54) is 12.1 Å². The van der Waals surface area contributed by atoms with E-state index in [0.717, 1.165) is 30.7 Å². The number of hydrogen-bond donors (Lipinski definition) is 1. The first kappa shape index (κ1) is 30.7. The van der Waals surface area contributed by atoms with Crippen molar-refractivity contribution in [2.75, 3.05) is 50.1 Å². The van der Waals surface area contributed by atoms with Gasteiger partial charge in [-0.3, -0.25) is 4.90 Å². The van der Waals surface area contributed by atoms with Crippen LogP contribution in [0.1, 0.15) is 45.1 Å². The number of alkyl halides is 1. The minimum Gasteiger partial charge on any atom is -0.489 e. The van der Waals surface area contributed by atoms with Crippen LogP contribution in [0.25, 0.3) is 32.1 Å². The van der Waals surface area contributed by atoms with E-state index >= 15 is 4.39 Å². The van der Waals surface area contributed by atoms with Crippen molar-refractivity contribution in [3.63, 3.8) is 0 Å². The van der Waals surface area contributed by atoms with Gasteiger partial charge in [-0.25, -0.2) is 13.2 Å². The van der Waals surface area contributed by atoms with Gasteiger partial charge in [-0.1, -0.05) is 17.7 Å². The van der Waals surface area contributed by atoms with Crippen molar-refractivity contribution in [2.24, 2.45) is 0 Å². The van der Waals surface area contributed by atoms with Crippen molar-refractivity contribution >= 4 is 54.7 Å². The zero-order valence-electron chi connectivity index (χ0n) is 25.8. The number of nitrogens with two attached hydrogens (primary N) is 1. The number of anilines is 2. The van der Waals surface area contributed by atoms with Crippen molar-refractivity contribution in [1.82, 2.24) is 14.9 Å². The minimum atomic E-state index is -0.943. The highest BCUT2D eigenvalue weighted by molar-refractivity contribution is 7.23. The van der Waals surface area contributed by atoms with Gasteiger partial charge in [0.05, 0.1) is 51.0 Å². The molecule has 3 fully saturated rings. The Balaban J connectivity index is 1.34. The fraction of sp³-hybridized carbons (Fsp3) is 0.485. The molecule has 2 N–H and O–H groups in total. The average Bonchev–Trinajstić information content (AvgIpc) is 3.73. The lowest BCUT2D eigenvalue weighted by Gasteiger charge is -2.31. The molecule has 0 aliphatic carbocycles. The number of nitrogen functional groups attached to an aromatic ring is 1. The molecule has 4 aliphatic heterocycles. The van der Waals surface area contributed by atoms with Crippen molar-refractivity contribution in [1.29, 1.82) is 5.26 Å². The molecule has 9 nitrogen and oxygen atoms in total. The number of thiophene rings is 1. The van der Waals surface area contributed by atoms with Crippen LogP contribution >= 0.6 is 22.9 Å². The Kier molecular flexibility index (Phi) is 7.18. The second-order valence-electron chi connectivity index (χ2n) is 13.5. The van der Waals surface area contributed by atoms with E-state index in [-0.39, 0.29) is 84.3 Å². The molecule has 8 rings (SSSR count). The molecule has 2 aromatic heterocycles. The number of nitrogens with zero attached hydrogens (tertiary/aromatic N) is 5. The maximum absolute atomic E-state index is 17.2. The van der Waals surface area contributed by atoms with Crippen molar-refractivity contribution < 1.29 is 27.4 Å². The Hall–Kier alpha value is -3.57. The van der Waals surface area contributed by atoms with Gasteiger partial charge in [-0.15, -0.1) is 11.3 Å². The summed E-state index contributed by atoms with van der Waals surface area (Å²) in [6, 6.07) is 4.47. The van der Waals surface area contributed by atoms with Gasteiger partial charge < -0.3 is 24.8 Å². The van der Waals surface area contributed by atoms with Crippen LogP contribution in [0.3, 0.4) is 0 Å². The Morgan fingerprint density at radius 3 is 2.81 bits per heavy atom. The van der Waals surface area contributed by atoms with E-state index in [1.54, 1.807) is 0 Å². The molecule has 3 saturated heterocycles. The lowest BCUT2D eigenvalue weighted by Crippen LogP contribution is -2.43. The first-order valence-corrected chi connectivity index (χ1v) is 16.9. The monoisotopic (exact) mass is 684 g/mol. The van der Waals surface area contributed by atoms with E-state index in [9.17, 15) is 14.0 Å². The molecule has 0 saturated carbocycles. The van der Waals surface area contributed by atoms with E-state index in [0.29, 0.717) is 38.4 Å². The Morgan fingerprint density at radius 2 is 2.04 bits per heavy atom. The normalized spacial score (nSPS) is 25.3. The number of fused-ring (bicyclic) bond motifs is 2. The summed E-state index contributed by atoms with van der Waals surface area (Å²) in [5.41, 5.74) is 5.27. The van der Waals surface area contributed by atoms with Gasteiger partial charge in [0.1, 0.15) is 47.6 Å². The van der Waals surface area contributed by atoms with Gasteiger partial charge in [-0.2, -0.15) is 15.2 Å². The van der Waals surface area contributed by atoms with E-state index in [1.807, 2.05) is 24.8 Å². The number of rotatable bonds is 5. The van der Waals surface area contributed by atoms with E-state index < -0.39 is 23.3 Å². The molecule has 0 bridgehead atoms. The quantitative estimate of drug-likeness (QED) is 0.248. The molecule has 0 radical (unpaired) electrons. The molecular weight excluding hydrogens is 653 g/mol. The Labute approximate surface area is 278 Å². The Bertz CT molecular complexity index is 2000. The zero-order chi connectivity index (χ0) is 32.8. The van der Waals surface area contributed by atoms with Gasteiger partial charge in [-0.05, 0) is 51.3 Å². The summed E-state index contributed by atoms with van der Waals surface area (Å²) in [5.74, 6) is -0.818. The van der Waals surface area contributed by atoms with Crippen LogP contribution in [0.5, 0.6) is 11.8 Å². The summed E-state index contributed by atoms with van der Waals surface area (Å²) < 4.78 is 65.4. The smallest absolute Gasteiger partial charge is 0.319 e. The highest BCUT2D eigenvalue weighted by Crippen LogP contribution is 2.51. The molecule has 3 atom stereocenters. The van der Waals surface area contributed by atoms with Crippen molar-refractivity contribution in [3.8, 4) is 29.0 Å². The fourth-order valence-electron chi connectivity index (χ4n) is 7.95. The molecule has 0 amide bonds. The standard InChI is InChI=1S/C33H32ClF3N6O3S/c1-32(2)11-17(14-46-32)43-8-9-44-27-23-26(40-31(41-30(23)43)45-15-33-6-3-7-42(33)13-16(35)10-33)25(37)22(24(27)34)18-4-5-20(36)28-21(18)19(12-38)29(39)47-28/h4-5,16-17H,3,6-11,13-15,39H2,1-2H3/t16-,17?,33+/m1/s1. The number of ether oxygens (including phenoxy) is 3. The summed E-state index contributed by atoms with van der Waals surface area (Å²) in [6.45, 7) is 6.38. The largest absolute Gasteiger partial charge is 0.489 e. The number of benzene rings is 2. The molecule has 2 aromatic carbocycles. The molecule has 1 unspecified atom stereocenters. The summed E-state index contributed by atoms with van der Waals surface area (Å²) in [7, 11) is 0. The first-order valence-electron chi connectivity index (χ1n) is 15.7. The highest BCUT2D eigenvalue weighted by Gasteiger charge is 2.49. The highest BCUT2D eigenvalue weighted by atomic mass is 35.5. The van der Waals surface area contributed by atoms with Crippen LogP contribution in [0, 0.1) is 23.0 Å². The first-order chi connectivity index (χ1) is 22.5. The minimum absolute atomic E-state index is 0.0346. The molecular formula is C33H32ClF3N6O3S. The molecule has 0 spiro atoms. The molecule has 14 heteroatoms. The van der Waals surface area contributed by atoms with E-state index in [4.69, 9.17) is 36.5 Å². The van der Waals surface area contributed by atoms with Crippen LogP contribution in [0.2, 0.25) is 5.02 Å². The molecule has 246 valence electrons. The van der Waals surface area contributed by atoms with Gasteiger partial charge in [0.2, 0.25) is 0 Å². The number of nitriles is 1. The predicted molar refractivity (Wildman–Crippen MR) is 174 cm³/mol. The molecule has 6 heterocycles. The maximum atomic E-state index is 17.2. The molecule has 47 heavy (non-hydrogen) atoms. The van der Waals surface area contributed by atoms with Crippen LogP contribution in [0.4, 0.5) is 24.0 Å². The van der Waals surface area contributed by atoms with Crippen LogP contribution in [-0.4, -0.2) is 77.7 Å². The third-order valence-corrected chi connectivity index (χ3v) is 11.4. The third-order valence-electron chi connectivity index (χ3n) is 10.1. The second-order valence-corrected chi connectivity index (χ2v) is 14.9. The zero-order valence-corrected chi connectivity index (χ0v) is 27.4. The fourth-order valence-corrected chi connectivity index (χ4v) is 9.23. The summed E-state index contributed by atoms with van der Waals surface area (Å²) in [6.07, 6.45) is 1.82. The molecule has 4 aliphatic rings. The lowest BCUT2D eigenvalue weighted by molar-refractivity contribution is 0.0360. The van der Waals surface area contributed by atoms with Gasteiger partial charge in [0.15, 0.2) is 11.6 Å². The third kappa shape index (κ3) is 4.78. The summed E-state index contributed by atoms with van der Waals surface area (Å²) in [4.78, 5) is 13.6. The predicted octanol–water partition coefficient (Wildman–Crippen LogP) is 6.62. The van der Waals surface area contributed by atoms with Crippen LogP contribution in [0.15, 0.2) is 12.1 Å². The second kappa shape index (κ2) is 11.0. The van der Waals surface area contributed by atoms with Crippen LogP contribution < -0.4 is 20.1 Å². The maximum Gasteiger partial charge on any atom is 0.319 e. The average molecular weight is 685 g/mol. The number of aromatic nitrogens is 2. The van der Waals surface area contributed by atoms with Gasteiger partial charge >= 0.3 is 6.01 Å². The molecule has 4 aromatic rings. The summed E-state index contributed by atoms with van der Waals surface area (Å²) in [5, 5.41) is 10.4. The Morgan fingerprint density at radius 1 is 1.21 bits per heavy atom. The SMILES string of the molecule is CC1(C)CC(N2CCOc3c(Cl)c(-c4ccc(F)c5sc(N)c(C#N)c45)c(F)c4nc(OC[C@@]56CCCN5C[C@H](F)C6)nc2c34)CO1. The van der Waals surface area contributed by atoms with Gasteiger partial charge in [0, 0.05) is 23.9 Å². The van der Waals surface area contributed by atoms with Crippen molar-refractivity contribution in [3.05, 3.63) is 34.4 Å². The van der Waals surface area contributed by atoms with Gasteiger partial charge in [0.25, 0.3) is 0 Å². The number of halogens is 4. The van der Waals surface area contributed by atoms with E-state index in [2.05, 4.69) is 9.88 Å². The summed E-state index contributed by atoms with van der Waals surface area (Å²) >= 11 is 7.93. The topological polar surface area (TPSA) is 110 Å². The van der Waals surface area contributed by atoms with Crippen LogP contribution in [-0.2, 0) is 4.74 Å². The van der Waals surface area contributed by atoms with Crippen molar-refractivity contribution in [2.45, 2.75) is 62.9 Å².